The van der Waals surface area contributed by atoms with Crippen molar-refractivity contribution in [2.45, 2.75) is 38.9 Å². The Morgan fingerprint density at radius 3 is 2.79 bits per heavy atom. The van der Waals surface area contributed by atoms with Gasteiger partial charge in [-0.3, -0.25) is 4.79 Å². The molecule has 1 N–H and O–H groups in total. The van der Waals surface area contributed by atoms with Crippen LogP contribution in [0.1, 0.15) is 26.3 Å². The molecule has 104 valence electrons. The van der Waals surface area contributed by atoms with Crippen molar-refractivity contribution in [1.82, 2.24) is 4.90 Å². The second-order valence-electron chi connectivity index (χ2n) is 5.77. The summed E-state index contributed by atoms with van der Waals surface area (Å²) in [5, 5.41) is 9.72. The highest BCUT2D eigenvalue weighted by atomic mass is 16.5. The van der Waals surface area contributed by atoms with E-state index in [-0.39, 0.29) is 29.8 Å². The fraction of sp³-hybridized carbons (Fsp3) is 0.533. The number of carbonyl (C=O) groups excluding carboxylic acids is 1. The number of aromatic hydroxyl groups is 1. The molecule has 1 aliphatic heterocycles. The van der Waals surface area contributed by atoms with Crippen LogP contribution in [0.15, 0.2) is 24.3 Å². The molecule has 1 aromatic carbocycles. The number of para-hydroxylation sites is 1. The first-order valence-corrected chi connectivity index (χ1v) is 6.60. The summed E-state index contributed by atoms with van der Waals surface area (Å²) < 4.78 is 5.78. The molecular weight excluding hydrogens is 242 g/mol. The molecule has 0 aromatic heterocycles. The molecule has 4 heteroatoms. The van der Waals surface area contributed by atoms with Gasteiger partial charge in [0.15, 0.2) is 0 Å². The number of rotatable bonds is 2. The first-order valence-electron chi connectivity index (χ1n) is 6.60. The van der Waals surface area contributed by atoms with Crippen LogP contribution in [0, 0.1) is 0 Å². The third kappa shape index (κ3) is 3.47. The second kappa shape index (κ2) is 5.21. The summed E-state index contributed by atoms with van der Waals surface area (Å²) in [6.45, 7) is 7.15. The number of ether oxygens (including phenoxy) is 1. The summed E-state index contributed by atoms with van der Waals surface area (Å²) in [6.07, 6.45) is 0.271. The molecule has 1 saturated heterocycles. The van der Waals surface area contributed by atoms with Crippen LogP contribution < -0.4 is 0 Å². The molecule has 1 heterocycles. The third-order valence-corrected chi connectivity index (χ3v) is 3.26. The number of amides is 1. The molecule has 1 unspecified atom stereocenters. The zero-order chi connectivity index (χ0) is 14.0. The maximum absolute atomic E-state index is 12.3. The minimum absolute atomic E-state index is 0.0322. The van der Waals surface area contributed by atoms with E-state index >= 15 is 0 Å². The molecule has 19 heavy (non-hydrogen) atoms. The number of phenols is 1. The minimum Gasteiger partial charge on any atom is -0.508 e. The summed E-state index contributed by atoms with van der Waals surface area (Å²) in [7, 11) is 0. The zero-order valence-electron chi connectivity index (χ0n) is 11.7. The largest absolute Gasteiger partial charge is 0.508 e. The monoisotopic (exact) mass is 263 g/mol. The summed E-state index contributed by atoms with van der Waals surface area (Å²) in [6, 6.07) is 6.97. The quantitative estimate of drug-likeness (QED) is 0.887. The van der Waals surface area contributed by atoms with Gasteiger partial charge in [-0.25, -0.2) is 0 Å². The van der Waals surface area contributed by atoms with Gasteiger partial charge in [-0.05, 0) is 26.8 Å². The smallest absolute Gasteiger partial charge is 0.227 e. The molecule has 1 aromatic rings. The highest BCUT2D eigenvalue weighted by Crippen LogP contribution is 2.23. The van der Waals surface area contributed by atoms with Crippen LogP contribution in [0.3, 0.4) is 0 Å². The van der Waals surface area contributed by atoms with Crippen molar-refractivity contribution in [2.75, 3.05) is 13.1 Å². The first-order chi connectivity index (χ1) is 8.87. The molecule has 0 bridgehead atoms. The molecule has 0 saturated carbocycles. The van der Waals surface area contributed by atoms with Crippen molar-refractivity contribution in [3.63, 3.8) is 0 Å². The Morgan fingerprint density at radius 2 is 2.16 bits per heavy atom. The Balaban J connectivity index is 2.06. The van der Waals surface area contributed by atoms with Crippen LogP contribution in [0.2, 0.25) is 0 Å². The molecule has 0 radical (unpaired) electrons. The third-order valence-electron chi connectivity index (χ3n) is 3.26. The lowest BCUT2D eigenvalue weighted by atomic mass is 10.0. The number of morpholine rings is 1. The van der Waals surface area contributed by atoms with Gasteiger partial charge in [0.25, 0.3) is 0 Å². The lowest BCUT2D eigenvalue weighted by molar-refractivity contribution is -0.157. The van der Waals surface area contributed by atoms with Crippen molar-refractivity contribution in [3.8, 4) is 5.75 Å². The van der Waals surface area contributed by atoms with E-state index in [9.17, 15) is 9.90 Å². The molecule has 4 nitrogen and oxygen atoms in total. The fourth-order valence-corrected chi connectivity index (χ4v) is 2.58. The van der Waals surface area contributed by atoms with Gasteiger partial charge in [0.1, 0.15) is 5.75 Å². The average Bonchev–Trinajstić information content (AvgIpc) is 2.29. The van der Waals surface area contributed by atoms with Gasteiger partial charge < -0.3 is 14.7 Å². The first kappa shape index (κ1) is 13.9. The Morgan fingerprint density at radius 1 is 1.47 bits per heavy atom. The summed E-state index contributed by atoms with van der Waals surface area (Å²) in [5.74, 6) is 0.209. The van der Waals surface area contributed by atoms with Gasteiger partial charge >= 0.3 is 0 Å². The Kier molecular flexibility index (Phi) is 3.80. The molecule has 0 aliphatic carbocycles. The van der Waals surface area contributed by atoms with Gasteiger partial charge in [-0.2, -0.15) is 0 Å². The number of nitrogens with zero attached hydrogens (tertiary/aromatic N) is 1. The van der Waals surface area contributed by atoms with Crippen molar-refractivity contribution in [3.05, 3.63) is 29.8 Å². The number of benzene rings is 1. The minimum atomic E-state index is -0.313. The number of hydrogen-bond donors (Lipinski definition) is 1. The van der Waals surface area contributed by atoms with Crippen LogP contribution in [-0.4, -0.2) is 40.7 Å². The molecule has 1 aliphatic rings. The van der Waals surface area contributed by atoms with Gasteiger partial charge in [-0.15, -0.1) is 0 Å². The van der Waals surface area contributed by atoms with Gasteiger partial charge in [0, 0.05) is 18.7 Å². The van der Waals surface area contributed by atoms with E-state index in [1.807, 2.05) is 31.7 Å². The van der Waals surface area contributed by atoms with E-state index in [0.717, 1.165) is 0 Å². The fourth-order valence-electron chi connectivity index (χ4n) is 2.58. The van der Waals surface area contributed by atoms with Crippen LogP contribution in [-0.2, 0) is 16.0 Å². The van der Waals surface area contributed by atoms with Crippen molar-refractivity contribution >= 4 is 5.91 Å². The van der Waals surface area contributed by atoms with Gasteiger partial charge in [-0.1, -0.05) is 18.2 Å². The highest BCUT2D eigenvalue weighted by Gasteiger charge is 2.33. The van der Waals surface area contributed by atoms with Crippen molar-refractivity contribution < 1.29 is 14.6 Å². The lowest BCUT2D eigenvalue weighted by Gasteiger charge is -2.41. The maximum atomic E-state index is 12.3. The number of hydrogen-bond acceptors (Lipinski definition) is 3. The van der Waals surface area contributed by atoms with Crippen LogP contribution in [0.4, 0.5) is 0 Å². The standard InChI is InChI=1S/C15H21NO3/c1-11-9-16(10-15(2,3)19-11)14(18)8-12-6-4-5-7-13(12)17/h4-7,11,17H,8-10H2,1-3H3. The summed E-state index contributed by atoms with van der Waals surface area (Å²) in [4.78, 5) is 14.1. The Bertz CT molecular complexity index is 470. The van der Waals surface area contributed by atoms with Gasteiger partial charge in [0.2, 0.25) is 5.91 Å². The second-order valence-corrected chi connectivity index (χ2v) is 5.77. The number of phenolic OH excluding ortho intramolecular Hbond substituents is 1. The number of carbonyl (C=O) groups is 1. The van der Waals surface area contributed by atoms with E-state index in [1.54, 1.807) is 18.2 Å². The normalized spacial score (nSPS) is 22.3. The summed E-state index contributed by atoms with van der Waals surface area (Å²) in [5.41, 5.74) is 0.357. The van der Waals surface area contributed by atoms with Crippen molar-refractivity contribution in [1.29, 1.82) is 0 Å². The van der Waals surface area contributed by atoms with E-state index in [1.165, 1.54) is 0 Å². The SMILES string of the molecule is CC1CN(C(=O)Cc2ccccc2O)CC(C)(C)O1. The predicted octanol–water partition coefficient (Wildman–Crippen LogP) is 1.96. The molecule has 2 rings (SSSR count). The Labute approximate surface area is 114 Å². The van der Waals surface area contributed by atoms with Crippen LogP contribution in [0.5, 0.6) is 5.75 Å². The van der Waals surface area contributed by atoms with Crippen molar-refractivity contribution in [2.24, 2.45) is 0 Å². The van der Waals surface area contributed by atoms with Gasteiger partial charge in [0.05, 0.1) is 18.1 Å². The molecule has 1 amide bonds. The van der Waals surface area contributed by atoms with E-state index in [0.29, 0.717) is 18.7 Å². The maximum Gasteiger partial charge on any atom is 0.227 e. The average molecular weight is 263 g/mol. The summed E-state index contributed by atoms with van der Waals surface area (Å²) >= 11 is 0. The van der Waals surface area contributed by atoms with E-state index in [4.69, 9.17) is 4.74 Å². The van der Waals surface area contributed by atoms with Crippen LogP contribution >= 0.6 is 0 Å². The zero-order valence-corrected chi connectivity index (χ0v) is 11.7. The highest BCUT2D eigenvalue weighted by molar-refractivity contribution is 5.79. The topological polar surface area (TPSA) is 49.8 Å². The van der Waals surface area contributed by atoms with Crippen LogP contribution in [0.25, 0.3) is 0 Å². The predicted molar refractivity (Wildman–Crippen MR) is 73.0 cm³/mol. The molecule has 1 fully saturated rings. The van der Waals surface area contributed by atoms with E-state index < -0.39 is 0 Å². The molecule has 1 atom stereocenters. The molecular formula is C15H21NO3. The Hall–Kier alpha value is -1.55. The molecule has 0 spiro atoms. The lowest BCUT2D eigenvalue weighted by Crippen LogP contribution is -2.54. The van der Waals surface area contributed by atoms with E-state index in [2.05, 4.69) is 0 Å².